The number of nitrogens with one attached hydrogen (secondary N) is 1. The molecule has 3 rings (SSSR count). The minimum atomic E-state index is 0.551. The Morgan fingerprint density at radius 3 is 2.71 bits per heavy atom. The summed E-state index contributed by atoms with van der Waals surface area (Å²) in [7, 11) is 0. The Kier molecular flexibility index (Phi) is 2.38. The van der Waals surface area contributed by atoms with E-state index in [9.17, 15) is 0 Å². The fourth-order valence-electron chi connectivity index (χ4n) is 1.70. The van der Waals surface area contributed by atoms with Gasteiger partial charge >= 0.3 is 0 Å². The SMILES string of the molecule is S=c1[nH]nc2cccnc2c1-c1ccccn1. The van der Waals surface area contributed by atoms with Crippen molar-refractivity contribution in [3.8, 4) is 11.3 Å². The Hall–Kier alpha value is -2.14. The summed E-state index contributed by atoms with van der Waals surface area (Å²) in [4.78, 5) is 8.63. The molecule has 0 aliphatic heterocycles. The number of hydrogen-bond acceptors (Lipinski definition) is 4. The number of aromatic nitrogens is 4. The third-order valence-electron chi connectivity index (χ3n) is 2.45. The van der Waals surface area contributed by atoms with Crippen LogP contribution in [0.15, 0.2) is 42.7 Å². The molecule has 3 aromatic heterocycles. The third-order valence-corrected chi connectivity index (χ3v) is 2.74. The number of rotatable bonds is 1. The van der Waals surface area contributed by atoms with E-state index in [-0.39, 0.29) is 0 Å². The van der Waals surface area contributed by atoms with Gasteiger partial charge in [-0.2, -0.15) is 5.10 Å². The molecule has 0 aromatic carbocycles. The summed E-state index contributed by atoms with van der Waals surface area (Å²) in [5.41, 5.74) is 3.18. The molecule has 0 bridgehead atoms. The molecule has 0 amide bonds. The van der Waals surface area contributed by atoms with Crippen molar-refractivity contribution in [1.29, 1.82) is 0 Å². The van der Waals surface area contributed by atoms with Gasteiger partial charge in [0, 0.05) is 12.4 Å². The minimum absolute atomic E-state index is 0.551. The Balaban J connectivity index is 2.43. The van der Waals surface area contributed by atoms with E-state index in [1.54, 1.807) is 12.4 Å². The minimum Gasteiger partial charge on any atom is -0.266 e. The molecule has 4 nitrogen and oxygen atoms in total. The fourth-order valence-corrected chi connectivity index (χ4v) is 1.95. The van der Waals surface area contributed by atoms with E-state index in [4.69, 9.17) is 12.2 Å². The lowest BCUT2D eigenvalue weighted by molar-refractivity contribution is 1.05. The monoisotopic (exact) mass is 240 g/mol. The summed E-state index contributed by atoms with van der Waals surface area (Å²) < 4.78 is 0.551. The maximum atomic E-state index is 5.26. The van der Waals surface area contributed by atoms with Crippen molar-refractivity contribution in [2.24, 2.45) is 0 Å². The number of aromatic amines is 1. The largest absolute Gasteiger partial charge is 0.266 e. The van der Waals surface area contributed by atoms with Crippen LogP contribution in [0, 0.1) is 4.64 Å². The van der Waals surface area contributed by atoms with Crippen molar-refractivity contribution < 1.29 is 0 Å². The van der Waals surface area contributed by atoms with E-state index in [1.807, 2.05) is 30.3 Å². The molecule has 0 aliphatic carbocycles. The summed E-state index contributed by atoms with van der Waals surface area (Å²) in [6.45, 7) is 0. The van der Waals surface area contributed by atoms with Crippen LogP contribution < -0.4 is 0 Å². The Morgan fingerprint density at radius 2 is 1.88 bits per heavy atom. The van der Waals surface area contributed by atoms with E-state index in [0.717, 1.165) is 22.3 Å². The first-order valence-corrected chi connectivity index (χ1v) is 5.52. The maximum Gasteiger partial charge on any atom is 0.131 e. The van der Waals surface area contributed by atoms with Crippen molar-refractivity contribution in [3.63, 3.8) is 0 Å². The van der Waals surface area contributed by atoms with Crippen LogP contribution in [0.1, 0.15) is 0 Å². The second-order valence-corrected chi connectivity index (χ2v) is 3.92. The van der Waals surface area contributed by atoms with Gasteiger partial charge in [-0.3, -0.25) is 15.1 Å². The lowest BCUT2D eigenvalue weighted by Crippen LogP contribution is -1.93. The van der Waals surface area contributed by atoms with E-state index in [0.29, 0.717) is 4.64 Å². The van der Waals surface area contributed by atoms with Gasteiger partial charge in [0.05, 0.1) is 11.3 Å². The van der Waals surface area contributed by atoms with Gasteiger partial charge in [-0.15, -0.1) is 0 Å². The number of pyridine rings is 2. The first kappa shape index (κ1) is 10.0. The van der Waals surface area contributed by atoms with Crippen molar-refractivity contribution in [2.45, 2.75) is 0 Å². The van der Waals surface area contributed by atoms with Crippen LogP contribution >= 0.6 is 12.2 Å². The van der Waals surface area contributed by atoms with Gasteiger partial charge in [-0.1, -0.05) is 18.3 Å². The molecular weight excluding hydrogens is 232 g/mol. The van der Waals surface area contributed by atoms with Gasteiger partial charge in [0.15, 0.2) is 0 Å². The number of H-pyrrole nitrogens is 1. The highest BCUT2D eigenvalue weighted by Gasteiger charge is 2.08. The zero-order valence-electron chi connectivity index (χ0n) is 8.79. The number of fused-ring (bicyclic) bond motifs is 1. The molecule has 0 fully saturated rings. The summed E-state index contributed by atoms with van der Waals surface area (Å²) in [5, 5.41) is 6.97. The molecule has 0 radical (unpaired) electrons. The molecule has 0 aliphatic rings. The summed E-state index contributed by atoms with van der Waals surface area (Å²) in [6.07, 6.45) is 3.46. The van der Waals surface area contributed by atoms with Crippen LogP contribution in [0.4, 0.5) is 0 Å². The van der Waals surface area contributed by atoms with Gasteiger partial charge in [0.2, 0.25) is 0 Å². The molecule has 0 atom stereocenters. The smallest absolute Gasteiger partial charge is 0.131 e. The normalized spacial score (nSPS) is 10.6. The highest BCUT2D eigenvalue weighted by atomic mass is 32.1. The Bertz CT molecular complexity index is 721. The zero-order valence-corrected chi connectivity index (χ0v) is 9.61. The predicted molar refractivity (Wildman–Crippen MR) is 68.0 cm³/mol. The van der Waals surface area contributed by atoms with Crippen molar-refractivity contribution in [2.75, 3.05) is 0 Å². The molecule has 0 spiro atoms. The molecule has 3 heterocycles. The molecule has 0 saturated carbocycles. The third kappa shape index (κ3) is 1.70. The molecule has 1 N–H and O–H groups in total. The number of hydrogen-bond donors (Lipinski definition) is 1. The van der Waals surface area contributed by atoms with Crippen LogP contribution in [0.25, 0.3) is 22.3 Å². The van der Waals surface area contributed by atoms with Crippen LogP contribution in [0.2, 0.25) is 0 Å². The van der Waals surface area contributed by atoms with Gasteiger partial charge in [-0.05, 0) is 24.3 Å². The van der Waals surface area contributed by atoms with Crippen LogP contribution in [-0.2, 0) is 0 Å². The molecule has 0 saturated heterocycles. The quantitative estimate of drug-likeness (QED) is 0.664. The maximum absolute atomic E-state index is 5.26. The zero-order chi connectivity index (χ0) is 11.7. The molecular formula is C12H8N4S. The lowest BCUT2D eigenvalue weighted by atomic mass is 10.1. The highest BCUT2D eigenvalue weighted by molar-refractivity contribution is 7.71. The molecule has 82 valence electrons. The summed E-state index contributed by atoms with van der Waals surface area (Å²) in [6, 6.07) is 9.43. The second-order valence-electron chi connectivity index (χ2n) is 3.51. The van der Waals surface area contributed by atoms with E-state index >= 15 is 0 Å². The first-order valence-electron chi connectivity index (χ1n) is 5.11. The van der Waals surface area contributed by atoms with E-state index in [1.165, 1.54) is 0 Å². The van der Waals surface area contributed by atoms with Crippen LogP contribution in [0.3, 0.4) is 0 Å². The standard InChI is InChI=1S/C12H8N4S/c17-12-10(8-4-1-2-6-13-8)11-9(15-16-12)5-3-7-14-11/h1-7H,(H,16,17). The molecule has 5 heteroatoms. The van der Waals surface area contributed by atoms with Crippen LogP contribution in [-0.4, -0.2) is 20.2 Å². The Labute approximate surface area is 102 Å². The average Bonchev–Trinajstić information content (AvgIpc) is 2.39. The van der Waals surface area contributed by atoms with Crippen LogP contribution in [0.5, 0.6) is 0 Å². The highest BCUT2D eigenvalue weighted by Crippen LogP contribution is 2.23. The van der Waals surface area contributed by atoms with Crippen molar-refractivity contribution in [3.05, 3.63) is 47.4 Å². The van der Waals surface area contributed by atoms with E-state index < -0.39 is 0 Å². The number of nitrogens with zero attached hydrogens (tertiary/aromatic N) is 3. The summed E-state index contributed by atoms with van der Waals surface area (Å²) >= 11 is 5.26. The molecule has 17 heavy (non-hydrogen) atoms. The van der Waals surface area contributed by atoms with Gasteiger partial charge in [0.1, 0.15) is 15.7 Å². The fraction of sp³-hybridized carbons (Fsp3) is 0. The van der Waals surface area contributed by atoms with E-state index in [2.05, 4.69) is 20.2 Å². The van der Waals surface area contributed by atoms with Gasteiger partial charge in [-0.25, -0.2) is 0 Å². The lowest BCUT2D eigenvalue weighted by Gasteiger charge is -2.03. The second kappa shape index (κ2) is 4.03. The van der Waals surface area contributed by atoms with Crippen molar-refractivity contribution >= 4 is 23.3 Å². The topological polar surface area (TPSA) is 54.5 Å². The predicted octanol–water partition coefficient (Wildman–Crippen LogP) is 2.75. The molecule has 3 aromatic rings. The average molecular weight is 240 g/mol. The molecule has 0 unspecified atom stereocenters. The van der Waals surface area contributed by atoms with Gasteiger partial charge < -0.3 is 0 Å². The van der Waals surface area contributed by atoms with Gasteiger partial charge in [0.25, 0.3) is 0 Å². The summed E-state index contributed by atoms with van der Waals surface area (Å²) in [5.74, 6) is 0. The Morgan fingerprint density at radius 1 is 1.00 bits per heavy atom. The van der Waals surface area contributed by atoms with Crippen molar-refractivity contribution in [1.82, 2.24) is 20.2 Å². The first-order chi connectivity index (χ1) is 8.36.